The molecule has 4 rings (SSSR count). The number of hydrogen-bond acceptors (Lipinski definition) is 6. The first-order valence-corrected chi connectivity index (χ1v) is 11.6. The molecule has 0 aliphatic carbocycles. The van der Waals surface area contributed by atoms with Crippen molar-refractivity contribution in [1.29, 1.82) is 0 Å². The Morgan fingerprint density at radius 1 is 1.06 bits per heavy atom. The molecule has 7 heteroatoms. The smallest absolute Gasteiger partial charge is 0.348 e. The molecule has 158 valence electrons. The van der Waals surface area contributed by atoms with Crippen molar-refractivity contribution in [2.45, 2.75) is 27.7 Å². The predicted molar refractivity (Wildman–Crippen MR) is 127 cm³/mol. The molecule has 4 aromatic rings. The molecule has 0 aliphatic rings. The molecule has 31 heavy (non-hydrogen) atoms. The lowest BCUT2D eigenvalue weighted by molar-refractivity contribution is 0.0531. The zero-order valence-electron chi connectivity index (χ0n) is 17.7. The zero-order valence-corrected chi connectivity index (χ0v) is 19.4. The molecule has 0 unspecified atom stereocenters. The number of anilines is 1. The maximum absolute atomic E-state index is 13.1. The van der Waals surface area contributed by atoms with Crippen molar-refractivity contribution >= 4 is 49.8 Å². The third-order valence-electron chi connectivity index (χ3n) is 4.98. The van der Waals surface area contributed by atoms with E-state index in [-0.39, 0.29) is 18.5 Å². The number of aromatic nitrogens is 1. The fourth-order valence-corrected chi connectivity index (χ4v) is 5.62. The third kappa shape index (κ3) is 4.11. The Balaban J connectivity index is 1.82. The summed E-state index contributed by atoms with van der Waals surface area (Å²) in [5.41, 5.74) is 4.93. The van der Waals surface area contributed by atoms with Crippen molar-refractivity contribution in [3.63, 3.8) is 0 Å². The van der Waals surface area contributed by atoms with Crippen LogP contribution in [0.15, 0.2) is 42.5 Å². The number of amides is 1. The van der Waals surface area contributed by atoms with Gasteiger partial charge in [-0.15, -0.1) is 22.7 Å². The van der Waals surface area contributed by atoms with Crippen LogP contribution in [0.25, 0.3) is 20.8 Å². The van der Waals surface area contributed by atoms with Crippen LogP contribution >= 0.6 is 22.7 Å². The number of nitrogens with one attached hydrogen (secondary N) is 1. The number of aryl methyl sites for hydroxylation is 2. The van der Waals surface area contributed by atoms with E-state index in [1.807, 2.05) is 63.2 Å². The van der Waals surface area contributed by atoms with Crippen LogP contribution in [-0.2, 0) is 4.74 Å². The summed E-state index contributed by atoms with van der Waals surface area (Å²) < 4.78 is 6.29. The number of carbonyl (C=O) groups is 2. The second-order valence-corrected chi connectivity index (χ2v) is 9.29. The van der Waals surface area contributed by atoms with Gasteiger partial charge in [0.2, 0.25) is 0 Å². The molecule has 0 fully saturated rings. The third-order valence-corrected chi connectivity index (χ3v) is 7.22. The average Bonchev–Trinajstić information content (AvgIpc) is 3.30. The highest BCUT2D eigenvalue weighted by Gasteiger charge is 2.26. The molecule has 2 aromatic carbocycles. The minimum absolute atomic E-state index is 0.208. The fourth-order valence-electron chi connectivity index (χ4n) is 3.38. The quantitative estimate of drug-likeness (QED) is 0.358. The highest BCUT2D eigenvalue weighted by Crippen LogP contribution is 2.43. The van der Waals surface area contributed by atoms with E-state index in [1.165, 1.54) is 22.7 Å². The molecule has 0 spiro atoms. The SMILES string of the molecule is CCOC(=O)c1sc(NC(=O)c2cc(C)ccc2C)c(-c2nc3ccccc3s2)c1C. The highest BCUT2D eigenvalue weighted by atomic mass is 32.1. The minimum atomic E-state index is -0.389. The number of rotatable bonds is 5. The number of nitrogens with zero attached hydrogens (tertiary/aromatic N) is 1. The lowest BCUT2D eigenvalue weighted by atomic mass is 10.1. The van der Waals surface area contributed by atoms with Crippen molar-refractivity contribution in [2.24, 2.45) is 0 Å². The number of ether oxygens (including phenoxy) is 1. The van der Waals surface area contributed by atoms with Gasteiger partial charge in [0.15, 0.2) is 0 Å². The lowest BCUT2D eigenvalue weighted by Gasteiger charge is -2.09. The molecule has 5 nitrogen and oxygen atoms in total. The van der Waals surface area contributed by atoms with Crippen LogP contribution in [0.3, 0.4) is 0 Å². The Kier molecular flexibility index (Phi) is 5.89. The summed E-state index contributed by atoms with van der Waals surface area (Å²) in [4.78, 5) is 30.9. The Labute approximate surface area is 188 Å². The van der Waals surface area contributed by atoms with Gasteiger partial charge in [-0.05, 0) is 57.0 Å². The highest BCUT2D eigenvalue weighted by molar-refractivity contribution is 7.23. The fraction of sp³-hybridized carbons (Fsp3) is 0.208. The molecule has 1 amide bonds. The Morgan fingerprint density at radius 3 is 2.58 bits per heavy atom. The molecule has 0 saturated heterocycles. The van der Waals surface area contributed by atoms with E-state index in [9.17, 15) is 9.59 Å². The van der Waals surface area contributed by atoms with Gasteiger partial charge < -0.3 is 10.1 Å². The molecular weight excluding hydrogens is 428 g/mol. The monoisotopic (exact) mass is 450 g/mol. The molecule has 0 bridgehead atoms. The van der Waals surface area contributed by atoms with Crippen LogP contribution in [0, 0.1) is 20.8 Å². The zero-order chi connectivity index (χ0) is 22.1. The number of esters is 1. The summed E-state index contributed by atoms with van der Waals surface area (Å²) in [6.07, 6.45) is 0. The molecule has 0 aliphatic heterocycles. The number of para-hydroxylation sites is 1. The van der Waals surface area contributed by atoms with Gasteiger partial charge in [-0.25, -0.2) is 9.78 Å². The Hall–Kier alpha value is -3.03. The number of carbonyl (C=O) groups excluding carboxylic acids is 2. The molecule has 0 radical (unpaired) electrons. The second-order valence-electron chi connectivity index (χ2n) is 7.24. The summed E-state index contributed by atoms with van der Waals surface area (Å²) in [7, 11) is 0. The largest absolute Gasteiger partial charge is 0.462 e. The maximum Gasteiger partial charge on any atom is 0.348 e. The summed E-state index contributed by atoms with van der Waals surface area (Å²) in [6.45, 7) is 7.80. The van der Waals surface area contributed by atoms with Crippen LogP contribution in [0.2, 0.25) is 0 Å². The van der Waals surface area contributed by atoms with Crippen LogP contribution in [0.1, 0.15) is 43.6 Å². The van der Waals surface area contributed by atoms with Gasteiger partial charge in [-0.2, -0.15) is 0 Å². The van der Waals surface area contributed by atoms with Gasteiger partial charge in [0, 0.05) is 11.1 Å². The van der Waals surface area contributed by atoms with Crippen LogP contribution < -0.4 is 5.32 Å². The van der Waals surface area contributed by atoms with E-state index >= 15 is 0 Å². The number of fused-ring (bicyclic) bond motifs is 1. The summed E-state index contributed by atoms with van der Waals surface area (Å²) in [5, 5.41) is 4.40. The number of benzene rings is 2. The molecular formula is C24H22N2O3S2. The minimum Gasteiger partial charge on any atom is -0.462 e. The van der Waals surface area contributed by atoms with Crippen LogP contribution in [0.4, 0.5) is 5.00 Å². The molecule has 0 atom stereocenters. The first-order chi connectivity index (χ1) is 14.9. The van der Waals surface area contributed by atoms with E-state index in [0.717, 1.165) is 37.5 Å². The topological polar surface area (TPSA) is 68.3 Å². The van der Waals surface area contributed by atoms with Crippen LogP contribution in [0.5, 0.6) is 0 Å². The first-order valence-electron chi connectivity index (χ1n) is 9.94. The standard InChI is InChI=1S/C24H22N2O3S2/c1-5-29-24(28)20-15(4)19(22-25-17-8-6-7-9-18(17)30-22)23(31-20)26-21(27)16-12-13(2)10-11-14(16)3/h6-12H,5H2,1-4H3,(H,26,27). The average molecular weight is 451 g/mol. The normalized spacial score (nSPS) is 11.0. The van der Waals surface area contributed by atoms with Gasteiger partial charge in [-0.1, -0.05) is 29.8 Å². The second kappa shape index (κ2) is 8.61. The van der Waals surface area contributed by atoms with E-state index in [2.05, 4.69) is 5.32 Å². The van der Waals surface area contributed by atoms with Crippen molar-refractivity contribution in [3.8, 4) is 10.6 Å². The first kappa shape index (κ1) is 21.2. The molecule has 1 N–H and O–H groups in total. The number of hydrogen-bond donors (Lipinski definition) is 1. The van der Waals surface area contributed by atoms with Gasteiger partial charge in [0.1, 0.15) is 14.9 Å². The van der Waals surface area contributed by atoms with Crippen LogP contribution in [-0.4, -0.2) is 23.5 Å². The maximum atomic E-state index is 13.1. The van der Waals surface area contributed by atoms with Gasteiger partial charge in [-0.3, -0.25) is 4.79 Å². The molecule has 2 aromatic heterocycles. The lowest BCUT2D eigenvalue weighted by Crippen LogP contribution is -2.13. The van der Waals surface area contributed by atoms with E-state index < -0.39 is 0 Å². The van der Waals surface area contributed by atoms with Crippen molar-refractivity contribution < 1.29 is 14.3 Å². The number of thiazole rings is 1. The molecule has 2 heterocycles. The Morgan fingerprint density at radius 2 is 1.84 bits per heavy atom. The van der Waals surface area contributed by atoms with Gasteiger partial charge in [0.25, 0.3) is 5.91 Å². The summed E-state index contributed by atoms with van der Waals surface area (Å²) in [5.74, 6) is -0.597. The van der Waals surface area contributed by atoms with E-state index in [4.69, 9.17) is 9.72 Å². The predicted octanol–water partition coefficient (Wildman–Crippen LogP) is 6.38. The van der Waals surface area contributed by atoms with E-state index in [1.54, 1.807) is 6.92 Å². The number of thiophene rings is 1. The van der Waals surface area contributed by atoms with E-state index in [0.29, 0.717) is 15.4 Å². The van der Waals surface area contributed by atoms with Crippen molar-refractivity contribution in [2.75, 3.05) is 11.9 Å². The summed E-state index contributed by atoms with van der Waals surface area (Å²) in [6, 6.07) is 13.7. The molecule has 0 saturated carbocycles. The van der Waals surface area contributed by atoms with Gasteiger partial charge >= 0.3 is 5.97 Å². The van der Waals surface area contributed by atoms with Crippen molar-refractivity contribution in [3.05, 3.63) is 69.6 Å². The summed E-state index contributed by atoms with van der Waals surface area (Å²) >= 11 is 2.77. The Bertz CT molecular complexity index is 1270. The van der Waals surface area contributed by atoms with Crippen molar-refractivity contribution in [1.82, 2.24) is 4.98 Å². The van der Waals surface area contributed by atoms with Gasteiger partial charge in [0.05, 0.1) is 16.8 Å².